The number of alkyl halides is 2. The van der Waals surface area contributed by atoms with Crippen molar-refractivity contribution in [3.8, 4) is 0 Å². The van der Waals surface area contributed by atoms with Crippen LogP contribution in [0.15, 0.2) is 22.7 Å². The number of hydrogen-bond acceptors (Lipinski definition) is 1. The molecule has 0 aliphatic carbocycles. The molecule has 0 unspecified atom stereocenters. The molecule has 1 aromatic carbocycles. The molecular formula is C10H9BrF2O. The van der Waals surface area contributed by atoms with E-state index in [1.165, 1.54) is 19.1 Å². The van der Waals surface area contributed by atoms with Gasteiger partial charge in [-0.05, 0) is 18.6 Å². The maximum Gasteiger partial charge on any atom is 0.264 e. The molecule has 1 nitrogen and oxygen atoms in total. The predicted octanol–water partition coefficient (Wildman–Crippen LogP) is 3.52. The van der Waals surface area contributed by atoms with E-state index in [1.54, 1.807) is 6.07 Å². The normalized spacial score (nSPS) is 10.6. The second kappa shape index (κ2) is 4.64. The minimum Gasteiger partial charge on any atom is -0.300 e. The lowest BCUT2D eigenvalue weighted by molar-refractivity contribution is -0.116. The molecule has 1 aromatic rings. The van der Waals surface area contributed by atoms with E-state index in [0.717, 1.165) is 0 Å². The van der Waals surface area contributed by atoms with E-state index < -0.39 is 6.43 Å². The lowest BCUT2D eigenvalue weighted by Crippen LogP contribution is -2.02. The first kappa shape index (κ1) is 11.3. The minimum absolute atomic E-state index is 0.0428. The second-order valence-electron chi connectivity index (χ2n) is 2.99. The number of hydrogen-bond donors (Lipinski definition) is 0. The Morgan fingerprint density at radius 3 is 2.64 bits per heavy atom. The number of carbonyl (C=O) groups excluding carboxylic acids is 1. The zero-order valence-electron chi connectivity index (χ0n) is 7.56. The monoisotopic (exact) mass is 262 g/mol. The van der Waals surface area contributed by atoms with Crippen molar-refractivity contribution in [3.63, 3.8) is 0 Å². The van der Waals surface area contributed by atoms with Crippen LogP contribution in [0.5, 0.6) is 0 Å². The van der Waals surface area contributed by atoms with E-state index in [4.69, 9.17) is 0 Å². The number of benzene rings is 1. The van der Waals surface area contributed by atoms with Gasteiger partial charge in [-0.25, -0.2) is 8.78 Å². The molecule has 0 fully saturated rings. The molecule has 0 radical (unpaired) electrons. The van der Waals surface area contributed by atoms with Gasteiger partial charge in [-0.1, -0.05) is 28.1 Å². The van der Waals surface area contributed by atoms with E-state index >= 15 is 0 Å². The van der Waals surface area contributed by atoms with Crippen molar-refractivity contribution in [2.45, 2.75) is 19.8 Å². The highest BCUT2D eigenvalue weighted by atomic mass is 79.9. The van der Waals surface area contributed by atoms with Gasteiger partial charge in [-0.2, -0.15) is 0 Å². The molecule has 0 saturated carbocycles. The zero-order chi connectivity index (χ0) is 10.7. The molecule has 0 N–H and O–H groups in total. The molecule has 0 aliphatic rings. The van der Waals surface area contributed by atoms with Gasteiger partial charge in [0, 0.05) is 16.5 Å². The van der Waals surface area contributed by atoms with E-state index in [1.807, 2.05) is 0 Å². The molecule has 0 amide bonds. The van der Waals surface area contributed by atoms with Crippen molar-refractivity contribution >= 4 is 21.7 Å². The van der Waals surface area contributed by atoms with Gasteiger partial charge in [0.05, 0.1) is 0 Å². The van der Waals surface area contributed by atoms with Gasteiger partial charge in [0.2, 0.25) is 0 Å². The van der Waals surface area contributed by atoms with Crippen LogP contribution in [0, 0.1) is 0 Å². The van der Waals surface area contributed by atoms with Gasteiger partial charge in [-0.15, -0.1) is 0 Å². The van der Waals surface area contributed by atoms with Crippen LogP contribution in [-0.4, -0.2) is 5.78 Å². The van der Waals surface area contributed by atoms with Crippen LogP contribution in [-0.2, 0) is 11.2 Å². The van der Waals surface area contributed by atoms with Crippen LogP contribution >= 0.6 is 15.9 Å². The molecule has 0 saturated heterocycles. The number of halogens is 3. The maximum atomic E-state index is 12.5. The maximum absolute atomic E-state index is 12.5. The van der Waals surface area contributed by atoms with Crippen molar-refractivity contribution in [2.75, 3.05) is 0 Å². The third-order valence-corrected chi connectivity index (χ3v) is 2.56. The fourth-order valence-electron chi connectivity index (χ4n) is 1.22. The first-order chi connectivity index (χ1) is 6.52. The van der Waals surface area contributed by atoms with E-state index in [0.29, 0.717) is 10.0 Å². The molecule has 1 rings (SSSR count). The van der Waals surface area contributed by atoms with Crippen LogP contribution in [0.3, 0.4) is 0 Å². The summed E-state index contributed by atoms with van der Waals surface area (Å²) < 4.78 is 25.6. The molecule has 76 valence electrons. The van der Waals surface area contributed by atoms with Crippen LogP contribution in [0.2, 0.25) is 0 Å². The molecule has 0 heterocycles. The standard InChI is InChI=1S/C10H9BrF2O/c1-6(14)5-8-7(10(12)13)3-2-4-9(8)11/h2-4,10H,5H2,1H3. The smallest absolute Gasteiger partial charge is 0.264 e. The highest BCUT2D eigenvalue weighted by molar-refractivity contribution is 9.10. The van der Waals surface area contributed by atoms with E-state index in [9.17, 15) is 13.6 Å². The van der Waals surface area contributed by atoms with Gasteiger partial charge in [-0.3, -0.25) is 4.79 Å². The summed E-state index contributed by atoms with van der Waals surface area (Å²) in [7, 11) is 0. The lowest BCUT2D eigenvalue weighted by Gasteiger charge is -2.08. The highest BCUT2D eigenvalue weighted by Gasteiger charge is 2.15. The Kier molecular flexibility index (Phi) is 3.75. The van der Waals surface area contributed by atoms with Crippen molar-refractivity contribution in [2.24, 2.45) is 0 Å². The molecule has 0 aromatic heterocycles. The Morgan fingerprint density at radius 2 is 2.14 bits per heavy atom. The van der Waals surface area contributed by atoms with Crippen molar-refractivity contribution in [1.82, 2.24) is 0 Å². The Bertz CT molecular complexity index is 350. The molecule has 0 atom stereocenters. The molecule has 0 aliphatic heterocycles. The summed E-state index contributed by atoms with van der Waals surface area (Å²) in [4.78, 5) is 10.9. The van der Waals surface area contributed by atoms with E-state index in [2.05, 4.69) is 15.9 Å². The SMILES string of the molecule is CC(=O)Cc1c(Br)cccc1C(F)F. The van der Waals surface area contributed by atoms with Crippen LogP contribution in [0.1, 0.15) is 24.5 Å². The summed E-state index contributed by atoms with van der Waals surface area (Å²) in [5.74, 6) is -0.126. The number of carbonyl (C=O) groups is 1. The number of ketones is 1. The summed E-state index contributed by atoms with van der Waals surface area (Å²) in [6, 6.07) is 4.53. The van der Waals surface area contributed by atoms with Crippen molar-refractivity contribution in [1.29, 1.82) is 0 Å². The van der Waals surface area contributed by atoms with Gasteiger partial charge in [0.1, 0.15) is 5.78 Å². The topological polar surface area (TPSA) is 17.1 Å². The number of rotatable bonds is 3. The third-order valence-electron chi connectivity index (χ3n) is 1.82. The quantitative estimate of drug-likeness (QED) is 0.815. The van der Waals surface area contributed by atoms with Crippen LogP contribution in [0.4, 0.5) is 8.78 Å². The summed E-state index contributed by atoms with van der Waals surface area (Å²) in [6.07, 6.45) is -2.50. The summed E-state index contributed by atoms with van der Waals surface area (Å²) in [5, 5.41) is 0. The Morgan fingerprint density at radius 1 is 1.50 bits per heavy atom. The van der Waals surface area contributed by atoms with Crippen molar-refractivity contribution in [3.05, 3.63) is 33.8 Å². The Hall–Kier alpha value is -0.770. The summed E-state index contributed by atoms with van der Waals surface area (Å²) in [6.45, 7) is 1.38. The van der Waals surface area contributed by atoms with Gasteiger partial charge >= 0.3 is 0 Å². The zero-order valence-corrected chi connectivity index (χ0v) is 9.14. The van der Waals surface area contributed by atoms with Crippen LogP contribution in [0.25, 0.3) is 0 Å². The average molecular weight is 263 g/mol. The summed E-state index contributed by atoms with van der Waals surface area (Å²) >= 11 is 3.16. The second-order valence-corrected chi connectivity index (χ2v) is 3.84. The Balaban J connectivity index is 3.15. The van der Waals surface area contributed by atoms with Crippen LogP contribution < -0.4 is 0 Å². The highest BCUT2D eigenvalue weighted by Crippen LogP contribution is 2.28. The fraction of sp³-hybridized carbons (Fsp3) is 0.300. The Labute approximate surface area is 89.3 Å². The number of Topliss-reactive ketones (excluding diaryl/α,β-unsaturated/α-hetero) is 1. The first-order valence-electron chi connectivity index (χ1n) is 4.07. The van der Waals surface area contributed by atoms with Gasteiger partial charge in [0.25, 0.3) is 6.43 Å². The van der Waals surface area contributed by atoms with Crippen molar-refractivity contribution < 1.29 is 13.6 Å². The predicted molar refractivity (Wildman–Crippen MR) is 53.5 cm³/mol. The molecule has 0 spiro atoms. The fourth-order valence-corrected chi connectivity index (χ4v) is 1.74. The minimum atomic E-state index is -2.54. The molecule has 4 heteroatoms. The lowest BCUT2D eigenvalue weighted by atomic mass is 10.0. The van der Waals surface area contributed by atoms with E-state index in [-0.39, 0.29) is 17.8 Å². The molecule has 0 bridgehead atoms. The summed E-state index contributed by atoms with van der Waals surface area (Å²) in [5.41, 5.74) is 0.310. The van der Waals surface area contributed by atoms with Gasteiger partial charge in [0.15, 0.2) is 0 Å². The average Bonchev–Trinajstić information content (AvgIpc) is 2.07. The molecule has 14 heavy (non-hydrogen) atoms. The largest absolute Gasteiger partial charge is 0.300 e. The molecular weight excluding hydrogens is 254 g/mol. The third kappa shape index (κ3) is 2.61. The van der Waals surface area contributed by atoms with Gasteiger partial charge < -0.3 is 0 Å². The first-order valence-corrected chi connectivity index (χ1v) is 4.86.